The summed E-state index contributed by atoms with van der Waals surface area (Å²) < 4.78 is 81.7. The van der Waals surface area contributed by atoms with Crippen molar-refractivity contribution in [2.45, 2.75) is 5.51 Å². The number of urea groups is 1. The van der Waals surface area contributed by atoms with Gasteiger partial charge in [0.1, 0.15) is 0 Å². The number of rotatable bonds is 6. The van der Waals surface area contributed by atoms with E-state index in [9.17, 15) is 31.1 Å². The van der Waals surface area contributed by atoms with E-state index in [2.05, 4.69) is 15.6 Å². The van der Waals surface area contributed by atoms with E-state index in [0.29, 0.717) is 0 Å². The van der Waals surface area contributed by atoms with Crippen molar-refractivity contribution in [3.63, 3.8) is 0 Å². The highest BCUT2D eigenvalue weighted by atomic mass is 32.2. The van der Waals surface area contributed by atoms with Crippen LogP contribution in [0.5, 0.6) is 5.75 Å². The second-order valence-corrected chi connectivity index (χ2v) is 7.04. The first-order chi connectivity index (χ1) is 14.1. The number of fused-ring (bicyclic) bond motifs is 1. The summed E-state index contributed by atoms with van der Waals surface area (Å²) in [6.45, 7) is -0.395. The Bertz CT molecular complexity index is 1070. The van der Waals surface area contributed by atoms with Crippen LogP contribution in [0, 0.1) is 17.5 Å². The molecule has 2 aromatic carbocycles. The second kappa shape index (κ2) is 8.78. The molecule has 5 nitrogen and oxygen atoms in total. The fourth-order valence-corrected chi connectivity index (χ4v) is 2.90. The lowest BCUT2D eigenvalue weighted by molar-refractivity contribution is -0.0329. The van der Waals surface area contributed by atoms with Gasteiger partial charge < -0.3 is 20.4 Å². The van der Waals surface area contributed by atoms with E-state index in [0.717, 1.165) is 24.3 Å². The number of nitrogens with one attached hydrogen (secondary N) is 3. The van der Waals surface area contributed by atoms with Crippen LogP contribution < -0.4 is 15.4 Å². The Morgan fingerprint density at radius 1 is 1.03 bits per heavy atom. The van der Waals surface area contributed by atoms with Crippen molar-refractivity contribution in [2.24, 2.45) is 0 Å². The number of H-pyrrole nitrogens is 1. The number of hydrogen-bond donors (Lipinski definition) is 3. The summed E-state index contributed by atoms with van der Waals surface area (Å²) in [7, 11) is 0. The first-order valence-electron chi connectivity index (χ1n) is 8.29. The van der Waals surface area contributed by atoms with Gasteiger partial charge in [-0.1, -0.05) is 0 Å². The average molecular weight is 449 g/mol. The summed E-state index contributed by atoms with van der Waals surface area (Å²) in [5.41, 5.74) is -3.88. The lowest BCUT2D eigenvalue weighted by atomic mass is 10.2. The highest BCUT2D eigenvalue weighted by Crippen LogP contribution is 2.30. The van der Waals surface area contributed by atoms with Crippen LogP contribution >= 0.6 is 11.8 Å². The number of halogens is 6. The maximum absolute atomic E-state index is 13.8. The third kappa shape index (κ3) is 5.53. The van der Waals surface area contributed by atoms with Crippen molar-refractivity contribution in [3.8, 4) is 5.75 Å². The Hall–Kier alpha value is -3.02. The summed E-state index contributed by atoms with van der Waals surface area (Å²) in [4.78, 5) is 14.9. The quantitative estimate of drug-likeness (QED) is 0.326. The molecule has 0 spiro atoms. The zero-order valence-corrected chi connectivity index (χ0v) is 15.7. The van der Waals surface area contributed by atoms with Crippen LogP contribution in [0.1, 0.15) is 0 Å². The number of ether oxygens (including phenoxy) is 1. The molecule has 0 atom stereocenters. The van der Waals surface area contributed by atoms with Crippen LogP contribution in [0.25, 0.3) is 10.9 Å². The minimum absolute atomic E-state index is 0.101. The van der Waals surface area contributed by atoms with E-state index >= 15 is 0 Å². The van der Waals surface area contributed by atoms with E-state index in [-0.39, 0.29) is 39.8 Å². The van der Waals surface area contributed by atoms with E-state index in [4.69, 9.17) is 4.74 Å². The molecule has 0 saturated heterocycles. The molecule has 0 bridgehead atoms. The van der Waals surface area contributed by atoms with Crippen LogP contribution in [0.4, 0.5) is 42.5 Å². The van der Waals surface area contributed by atoms with Gasteiger partial charge in [-0.2, -0.15) is 13.2 Å². The predicted octanol–water partition coefficient (Wildman–Crippen LogP) is 5.86. The lowest BCUT2D eigenvalue weighted by Crippen LogP contribution is -2.19. The molecular weight excluding hydrogens is 436 g/mol. The molecular formula is C18H13F6N3O2S. The smallest absolute Gasteiger partial charge is 0.441 e. The van der Waals surface area contributed by atoms with Crippen LogP contribution in [0.3, 0.4) is 0 Å². The highest BCUT2D eigenvalue weighted by molar-refractivity contribution is 8.00. The maximum atomic E-state index is 13.8. The Kier molecular flexibility index (Phi) is 6.34. The molecule has 1 heterocycles. The normalized spacial score (nSPS) is 11.5. The fourth-order valence-electron chi connectivity index (χ4n) is 2.51. The average Bonchev–Trinajstić information content (AvgIpc) is 3.02. The number of carbonyl (C=O) groups excluding carboxylic acids is 1. The van der Waals surface area contributed by atoms with Gasteiger partial charge in [-0.15, -0.1) is 0 Å². The molecule has 3 aromatic rings. The number of benzene rings is 2. The third-order valence-electron chi connectivity index (χ3n) is 3.77. The van der Waals surface area contributed by atoms with E-state index in [1.807, 2.05) is 0 Å². The number of anilines is 2. The van der Waals surface area contributed by atoms with Crippen LogP contribution in [-0.2, 0) is 0 Å². The Morgan fingerprint density at radius 2 is 1.77 bits per heavy atom. The third-order valence-corrected chi connectivity index (χ3v) is 4.46. The second-order valence-electron chi connectivity index (χ2n) is 5.88. The molecule has 3 N–H and O–H groups in total. The van der Waals surface area contributed by atoms with Gasteiger partial charge in [0.15, 0.2) is 23.2 Å². The monoisotopic (exact) mass is 449 g/mol. The van der Waals surface area contributed by atoms with Gasteiger partial charge in [0.05, 0.1) is 17.8 Å². The van der Waals surface area contributed by atoms with Gasteiger partial charge in [0, 0.05) is 35.2 Å². The molecule has 0 saturated carbocycles. The molecule has 0 aliphatic rings. The molecule has 160 valence electrons. The standard InChI is InChI=1S/C18H13F6N3O2S/c19-11-2-1-9(5-16(11)29-3-4-30-18(22,23)24)26-17(28)27-15-8-25-14-7-13(21)12(20)6-10(14)15/h1-2,5-8,25H,3-4H2,(H2,26,27,28). The molecule has 0 radical (unpaired) electrons. The number of aromatic amines is 1. The molecule has 1 aromatic heterocycles. The zero-order valence-electron chi connectivity index (χ0n) is 14.9. The van der Waals surface area contributed by atoms with Gasteiger partial charge >= 0.3 is 11.5 Å². The minimum atomic E-state index is -4.42. The van der Waals surface area contributed by atoms with Gasteiger partial charge in [0.2, 0.25) is 0 Å². The molecule has 0 unspecified atom stereocenters. The van der Waals surface area contributed by atoms with E-state index in [1.54, 1.807) is 0 Å². The molecule has 0 aliphatic heterocycles. The van der Waals surface area contributed by atoms with E-state index in [1.165, 1.54) is 12.3 Å². The molecule has 2 amide bonds. The summed E-state index contributed by atoms with van der Waals surface area (Å²) in [5, 5.41) is 5.05. The summed E-state index contributed by atoms with van der Waals surface area (Å²) >= 11 is -0.302. The van der Waals surface area contributed by atoms with Crippen molar-refractivity contribution in [3.05, 3.63) is 54.0 Å². The minimum Gasteiger partial charge on any atom is -0.490 e. The van der Waals surface area contributed by atoms with Crippen LogP contribution in [0.15, 0.2) is 36.5 Å². The fraction of sp³-hybridized carbons (Fsp3) is 0.167. The van der Waals surface area contributed by atoms with Crippen molar-refractivity contribution >= 4 is 40.1 Å². The lowest BCUT2D eigenvalue weighted by Gasteiger charge is -2.11. The Labute approximate surface area is 169 Å². The zero-order chi connectivity index (χ0) is 21.9. The Morgan fingerprint density at radius 3 is 2.50 bits per heavy atom. The number of carbonyl (C=O) groups is 1. The molecule has 0 aliphatic carbocycles. The SMILES string of the molecule is O=C(Nc1ccc(F)c(OCCSC(F)(F)F)c1)Nc1c[nH]c2cc(F)c(F)cc12. The maximum Gasteiger partial charge on any atom is 0.441 e. The van der Waals surface area contributed by atoms with E-state index < -0.39 is 41.4 Å². The van der Waals surface area contributed by atoms with Gasteiger partial charge in [-0.3, -0.25) is 0 Å². The molecule has 0 fully saturated rings. The predicted molar refractivity (Wildman–Crippen MR) is 101 cm³/mol. The summed E-state index contributed by atoms with van der Waals surface area (Å²) in [6, 6.07) is 4.39. The van der Waals surface area contributed by atoms with Crippen LogP contribution in [-0.4, -0.2) is 28.9 Å². The van der Waals surface area contributed by atoms with Gasteiger partial charge in [-0.25, -0.2) is 18.0 Å². The Balaban J connectivity index is 1.63. The summed E-state index contributed by atoms with van der Waals surface area (Å²) in [6.07, 6.45) is 1.33. The largest absolute Gasteiger partial charge is 0.490 e. The van der Waals surface area contributed by atoms with Gasteiger partial charge in [0.25, 0.3) is 0 Å². The van der Waals surface area contributed by atoms with Gasteiger partial charge in [-0.05, 0) is 30.0 Å². The number of hydrogen-bond acceptors (Lipinski definition) is 3. The number of alkyl halides is 3. The highest BCUT2D eigenvalue weighted by Gasteiger charge is 2.27. The first-order valence-corrected chi connectivity index (χ1v) is 9.28. The van der Waals surface area contributed by atoms with Crippen molar-refractivity contribution in [2.75, 3.05) is 23.0 Å². The van der Waals surface area contributed by atoms with Crippen molar-refractivity contribution in [1.29, 1.82) is 0 Å². The van der Waals surface area contributed by atoms with Crippen LogP contribution in [0.2, 0.25) is 0 Å². The topological polar surface area (TPSA) is 66.2 Å². The number of amides is 2. The summed E-state index contributed by atoms with van der Waals surface area (Å²) in [5.74, 6) is -3.71. The number of thioether (sulfide) groups is 1. The molecule has 30 heavy (non-hydrogen) atoms. The van der Waals surface area contributed by atoms with Crippen molar-refractivity contribution in [1.82, 2.24) is 4.98 Å². The first kappa shape index (κ1) is 21.7. The molecule has 12 heteroatoms. The molecule has 3 rings (SSSR count). The number of aromatic nitrogens is 1. The van der Waals surface area contributed by atoms with Crippen molar-refractivity contribution < 1.29 is 35.9 Å².